The Morgan fingerprint density at radius 3 is 2.38 bits per heavy atom. The van der Waals surface area contributed by atoms with Crippen LogP contribution in [0.15, 0.2) is 72.8 Å². The molecule has 1 N–H and O–H groups in total. The zero-order chi connectivity index (χ0) is 26.7. The number of amides is 1. The van der Waals surface area contributed by atoms with E-state index in [4.69, 9.17) is 0 Å². The lowest BCUT2D eigenvalue weighted by Crippen LogP contribution is -2.42. The topological polar surface area (TPSA) is 43.8 Å². The van der Waals surface area contributed by atoms with Gasteiger partial charge in [0, 0.05) is 49.3 Å². The number of likely N-dealkylation sites (tertiary alicyclic amines) is 1. The minimum absolute atomic E-state index is 0.152. The second-order valence-electron chi connectivity index (χ2n) is 9.87. The van der Waals surface area contributed by atoms with E-state index in [0.29, 0.717) is 37.3 Å². The highest BCUT2D eigenvalue weighted by molar-refractivity contribution is 5.94. The Bertz CT molecular complexity index is 1230. The maximum atomic E-state index is 13.5. The van der Waals surface area contributed by atoms with Gasteiger partial charge in [-0.1, -0.05) is 36.4 Å². The third-order valence-corrected chi connectivity index (χ3v) is 6.95. The summed E-state index contributed by atoms with van der Waals surface area (Å²) in [6.07, 6.45) is -4.46. The number of aromatic hydroxyl groups is 1. The van der Waals surface area contributed by atoms with Crippen molar-refractivity contribution in [2.24, 2.45) is 5.92 Å². The molecule has 2 atom stereocenters. The van der Waals surface area contributed by atoms with E-state index in [0.717, 1.165) is 11.6 Å². The Morgan fingerprint density at radius 2 is 1.73 bits per heavy atom. The van der Waals surface area contributed by atoms with Gasteiger partial charge in [0.15, 0.2) is 0 Å². The number of rotatable bonds is 7. The molecule has 196 valence electrons. The van der Waals surface area contributed by atoms with E-state index in [1.807, 2.05) is 26.0 Å². The van der Waals surface area contributed by atoms with Crippen molar-refractivity contribution < 1.29 is 27.5 Å². The van der Waals surface area contributed by atoms with Crippen molar-refractivity contribution in [1.29, 1.82) is 0 Å². The summed E-state index contributed by atoms with van der Waals surface area (Å²) in [5.41, 5.74) is 0.951. The van der Waals surface area contributed by atoms with Crippen LogP contribution in [0.25, 0.3) is 0 Å². The lowest BCUT2D eigenvalue weighted by molar-refractivity contribution is -0.137. The second-order valence-corrected chi connectivity index (χ2v) is 9.87. The molecule has 1 amide bonds. The van der Waals surface area contributed by atoms with E-state index in [9.17, 15) is 27.5 Å². The first kappa shape index (κ1) is 26.7. The van der Waals surface area contributed by atoms with Crippen molar-refractivity contribution in [2.75, 3.05) is 19.6 Å². The zero-order valence-electron chi connectivity index (χ0n) is 20.8. The molecule has 3 aromatic rings. The number of halogens is 4. The molecular weight excluding hydrogens is 484 g/mol. The fraction of sp³-hybridized carbons (Fsp3) is 0.345. The molecule has 0 bridgehead atoms. The van der Waals surface area contributed by atoms with Gasteiger partial charge in [-0.15, -0.1) is 0 Å². The third-order valence-electron chi connectivity index (χ3n) is 6.95. The fourth-order valence-electron chi connectivity index (χ4n) is 5.02. The lowest BCUT2D eigenvalue weighted by atomic mass is 9.87. The maximum Gasteiger partial charge on any atom is 0.416 e. The number of nitrogens with zero attached hydrogens (tertiary/aromatic N) is 2. The molecule has 1 aliphatic heterocycles. The highest BCUT2D eigenvalue weighted by Crippen LogP contribution is 2.38. The van der Waals surface area contributed by atoms with Crippen LogP contribution >= 0.6 is 0 Å². The molecule has 0 spiro atoms. The highest BCUT2D eigenvalue weighted by atomic mass is 19.4. The van der Waals surface area contributed by atoms with Crippen molar-refractivity contribution in [1.82, 2.24) is 9.80 Å². The number of para-hydroxylation sites is 1. The van der Waals surface area contributed by atoms with Crippen LogP contribution in [0.1, 0.15) is 46.8 Å². The number of phenolic OH excluding ortho intramolecular Hbond substituents is 1. The molecule has 0 aliphatic carbocycles. The normalized spacial score (nSPS) is 18.4. The van der Waals surface area contributed by atoms with Crippen LogP contribution in [-0.2, 0) is 12.7 Å². The molecule has 4 nitrogen and oxygen atoms in total. The summed E-state index contributed by atoms with van der Waals surface area (Å²) in [7, 11) is 0. The van der Waals surface area contributed by atoms with Gasteiger partial charge in [0.1, 0.15) is 11.6 Å². The molecule has 0 aromatic heterocycles. The fourth-order valence-corrected chi connectivity index (χ4v) is 5.02. The van der Waals surface area contributed by atoms with E-state index in [1.54, 1.807) is 23.1 Å². The number of alkyl halides is 3. The molecule has 1 saturated heterocycles. The summed E-state index contributed by atoms with van der Waals surface area (Å²) in [6.45, 7) is 5.55. The maximum absolute atomic E-state index is 13.5. The summed E-state index contributed by atoms with van der Waals surface area (Å²) >= 11 is 0. The highest BCUT2D eigenvalue weighted by Gasteiger charge is 2.38. The zero-order valence-corrected chi connectivity index (χ0v) is 20.8. The van der Waals surface area contributed by atoms with E-state index in [2.05, 4.69) is 4.90 Å². The first-order valence-corrected chi connectivity index (χ1v) is 12.3. The quantitative estimate of drug-likeness (QED) is 0.376. The van der Waals surface area contributed by atoms with Gasteiger partial charge < -0.3 is 10.0 Å². The average Bonchev–Trinajstić information content (AvgIpc) is 3.26. The van der Waals surface area contributed by atoms with Gasteiger partial charge in [-0.25, -0.2) is 4.39 Å². The molecule has 1 aliphatic rings. The van der Waals surface area contributed by atoms with Gasteiger partial charge in [0.05, 0.1) is 5.56 Å². The lowest BCUT2D eigenvalue weighted by Gasteiger charge is -2.32. The van der Waals surface area contributed by atoms with E-state index < -0.39 is 17.6 Å². The molecule has 8 heteroatoms. The number of hydrogen-bond donors (Lipinski definition) is 1. The van der Waals surface area contributed by atoms with Crippen molar-refractivity contribution in [2.45, 2.75) is 38.5 Å². The standard InChI is InChI=1S/C29H30F4N2O2/c1-19(2)35(28(37)20-10-12-25(30)13-11-20)17-23-16-34(15-22-6-3-4-9-27(22)36)18-26(23)21-7-5-8-24(14-21)29(31,32)33/h3-14,19,23,26,36H,15-18H2,1-2H3/t23-,26+/m1/s1. The largest absolute Gasteiger partial charge is 0.508 e. The first-order chi connectivity index (χ1) is 17.5. The predicted molar refractivity (Wildman–Crippen MR) is 134 cm³/mol. The third kappa shape index (κ3) is 6.31. The smallest absolute Gasteiger partial charge is 0.416 e. The minimum Gasteiger partial charge on any atom is -0.508 e. The molecule has 3 aromatic carbocycles. The number of carbonyl (C=O) groups excluding carboxylic acids is 1. The van der Waals surface area contributed by atoms with Crippen LogP contribution in [0, 0.1) is 11.7 Å². The minimum atomic E-state index is -4.46. The van der Waals surface area contributed by atoms with Crippen molar-refractivity contribution in [3.8, 4) is 5.75 Å². The molecule has 0 saturated carbocycles. The summed E-state index contributed by atoms with van der Waals surface area (Å²) < 4.78 is 53.9. The Hall–Kier alpha value is -3.39. The van der Waals surface area contributed by atoms with Crippen molar-refractivity contribution in [3.05, 3.63) is 101 Å². The summed E-state index contributed by atoms with van der Waals surface area (Å²) in [4.78, 5) is 17.1. The van der Waals surface area contributed by atoms with E-state index in [1.165, 1.54) is 36.4 Å². The van der Waals surface area contributed by atoms with Gasteiger partial charge in [-0.05, 0) is 61.7 Å². The van der Waals surface area contributed by atoms with Crippen molar-refractivity contribution >= 4 is 5.91 Å². The van der Waals surface area contributed by atoms with E-state index >= 15 is 0 Å². The second kappa shape index (κ2) is 10.9. The molecular formula is C29H30F4N2O2. The Morgan fingerprint density at radius 1 is 1.03 bits per heavy atom. The summed E-state index contributed by atoms with van der Waals surface area (Å²) in [5, 5.41) is 10.3. The molecule has 0 radical (unpaired) electrons. The Kier molecular flexibility index (Phi) is 7.87. The van der Waals surface area contributed by atoms with Gasteiger partial charge >= 0.3 is 6.18 Å². The SMILES string of the molecule is CC(C)N(C[C@H]1CN(Cc2ccccc2O)C[C@H]1c1cccc(C(F)(F)F)c1)C(=O)c1ccc(F)cc1. The number of benzene rings is 3. The number of carbonyl (C=O) groups is 1. The van der Waals surface area contributed by atoms with Gasteiger partial charge in [-0.2, -0.15) is 13.2 Å². The molecule has 0 unspecified atom stereocenters. The molecule has 1 fully saturated rings. The van der Waals surface area contributed by atoms with Crippen LogP contribution in [0.4, 0.5) is 17.6 Å². The average molecular weight is 515 g/mol. The Labute approximate surface area is 214 Å². The van der Waals surface area contributed by atoms with Crippen LogP contribution in [-0.4, -0.2) is 46.5 Å². The van der Waals surface area contributed by atoms with Crippen LogP contribution < -0.4 is 0 Å². The number of phenols is 1. The predicted octanol–water partition coefficient (Wildman–Crippen LogP) is 6.32. The van der Waals surface area contributed by atoms with Crippen LogP contribution in [0.5, 0.6) is 5.75 Å². The van der Waals surface area contributed by atoms with Gasteiger partial charge in [-0.3, -0.25) is 9.69 Å². The molecule has 37 heavy (non-hydrogen) atoms. The van der Waals surface area contributed by atoms with Gasteiger partial charge in [0.2, 0.25) is 0 Å². The molecule has 1 heterocycles. The summed E-state index contributed by atoms with van der Waals surface area (Å²) in [6, 6.07) is 17.6. The van der Waals surface area contributed by atoms with Crippen molar-refractivity contribution in [3.63, 3.8) is 0 Å². The number of hydrogen-bond acceptors (Lipinski definition) is 3. The Balaban J connectivity index is 1.63. The first-order valence-electron chi connectivity index (χ1n) is 12.3. The van der Waals surface area contributed by atoms with Crippen LogP contribution in [0.2, 0.25) is 0 Å². The van der Waals surface area contributed by atoms with E-state index in [-0.39, 0.29) is 29.5 Å². The molecule has 4 rings (SSSR count). The van der Waals surface area contributed by atoms with Crippen LogP contribution in [0.3, 0.4) is 0 Å². The van der Waals surface area contributed by atoms with Gasteiger partial charge in [0.25, 0.3) is 5.91 Å². The monoisotopic (exact) mass is 514 g/mol. The summed E-state index contributed by atoms with van der Waals surface area (Å²) in [5.74, 6) is -0.932.